The maximum Gasteiger partial charge on any atom is 0.175 e. The van der Waals surface area contributed by atoms with E-state index >= 15 is 0 Å². The van der Waals surface area contributed by atoms with E-state index in [9.17, 15) is 0 Å². The summed E-state index contributed by atoms with van der Waals surface area (Å²) >= 11 is 3.55. The second-order valence-electron chi connectivity index (χ2n) is 5.20. The minimum atomic E-state index is 0.631. The van der Waals surface area contributed by atoms with Crippen LogP contribution in [0.1, 0.15) is 32.3 Å². The van der Waals surface area contributed by atoms with Gasteiger partial charge in [-0.05, 0) is 59.3 Å². The Morgan fingerprint density at radius 2 is 2.11 bits per heavy atom. The first-order valence-electron chi connectivity index (χ1n) is 6.86. The highest BCUT2D eigenvalue weighted by Gasteiger charge is 2.24. The van der Waals surface area contributed by atoms with E-state index in [1.807, 2.05) is 13.0 Å². The molecule has 0 spiro atoms. The quantitative estimate of drug-likeness (QED) is 0.863. The van der Waals surface area contributed by atoms with Gasteiger partial charge in [-0.2, -0.15) is 0 Å². The molecule has 2 rings (SSSR count). The molecule has 1 aliphatic carbocycles. The summed E-state index contributed by atoms with van der Waals surface area (Å²) in [5.41, 5.74) is 1.21. The van der Waals surface area contributed by atoms with Crippen LogP contribution in [0.3, 0.4) is 0 Å². The van der Waals surface area contributed by atoms with Crippen LogP contribution in [-0.2, 0) is 6.54 Å². The van der Waals surface area contributed by atoms with Gasteiger partial charge in [0.15, 0.2) is 11.5 Å². The molecule has 0 aliphatic heterocycles. The van der Waals surface area contributed by atoms with E-state index in [0.29, 0.717) is 12.6 Å². The number of methoxy groups -OCH3 is 1. The summed E-state index contributed by atoms with van der Waals surface area (Å²) in [7, 11) is 1.68. The van der Waals surface area contributed by atoms with Gasteiger partial charge in [-0.25, -0.2) is 0 Å². The lowest BCUT2D eigenvalue weighted by Crippen LogP contribution is -2.39. The standard InChI is InChI=1S/C15H22BrNO2/c1-4-19-15-13(16)7-11(8-14(15)18-3)9-17-12-5-10(2)6-12/h7-8,10,12,17H,4-6,9H2,1-3H3. The van der Waals surface area contributed by atoms with Crippen LogP contribution >= 0.6 is 15.9 Å². The van der Waals surface area contributed by atoms with Gasteiger partial charge in [0, 0.05) is 12.6 Å². The third-order valence-electron chi connectivity index (χ3n) is 3.55. The molecule has 1 aliphatic rings. The minimum absolute atomic E-state index is 0.631. The van der Waals surface area contributed by atoms with Gasteiger partial charge >= 0.3 is 0 Å². The fourth-order valence-electron chi connectivity index (χ4n) is 2.49. The van der Waals surface area contributed by atoms with Gasteiger partial charge in [-0.1, -0.05) is 6.92 Å². The molecule has 0 heterocycles. The van der Waals surface area contributed by atoms with E-state index < -0.39 is 0 Å². The number of hydrogen-bond acceptors (Lipinski definition) is 3. The molecule has 0 radical (unpaired) electrons. The Morgan fingerprint density at radius 3 is 2.68 bits per heavy atom. The summed E-state index contributed by atoms with van der Waals surface area (Å²) in [6, 6.07) is 4.82. The van der Waals surface area contributed by atoms with E-state index in [4.69, 9.17) is 9.47 Å². The lowest BCUT2D eigenvalue weighted by atomic mass is 9.82. The van der Waals surface area contributed by atoms with E-state index in [1.54, 1.807) is 7.11 Å². The molecule has 3 nitrogen and oxygen atoms in total. The van der Waals surface area contributed by atoms with Crippen LogP contribution in [0.2, 0.25) is 0 Å². The topological polar surface area (TPSA) is 30.5 Å². The summed E-state index contributed by atoms with van der Waals surface area (Å²) in [5, 5.41) is 3.58. The van der Waals surface area contributed by atoms with Crippen molar-refractivity contribution in [2.45, 2.75) is 39.3 Å². The third kappa shape index (κ3) is 3.63. The van der Waals surface area contributed by atoms with Crippen molar-refractivity contribution in [1.82, 2.24) is 5.32 Å². The van der Waals surface area contributed by atoms with Gasteiger partial charge in [0.1, 0.15) is 0 Å². The molecule has 0 atom stereocenters. The zero-order chi connectivity index (χ0) is 13.8. The van der Waals surface area contributed by atoms with E-state index in [2.05, 4.69) is 34.2 Å². The predicted octanol–water partition coefficient (Wildman–Crippen LogP) is 3.74. The SMILES string of the molecule is CCOc1c(Br)cc(CNC2CC(C)C2)cc1OC. The first-order chi connectivity index (χ1) is 9.13. The van der Waals surface area contributed by atoms with Gasteiger partial charge in [-0.15, -0.1) is 0 Å². The lowest BCUT2D eigenvalue weighted by molar-refractivity contribution is 0.240. The van der Waals surface area contributed by atoms with Crippen molar-refractivity contribution in [3.05, 3.63) is 22.2 Å². The predicted molar refractivity (Wildman–Crippen MR) is 80.9 cm³/mol. The highest BCUT2D eigenvalue weighted by molar-refractivity contribution is 9.10. The van der Waals surface area contributed by atoms with Crippen LogP contribution in [0, 0.1) is 5.92 Å². The van der Waals surface area contributed by atoms with Crippen molar-refractivity contribution < 1.29 is 9.47 Å². The minimum Gasteiger partial charge on any atom is -0.493 e. The average molecular weight is 328 g/mol. The van der Waals surface area contributed by atoms with Crippen molar-refractivity contribution in [2.24, 2.45) is 5.92 Å². The normalized spacial score (nSPS) is 21.9. The van der Waals surface area contributed by atoms with E-state index in [0.717, 1.165) is 28.4 Å². The Bertz CT molecular complexity index is 430. The second kappa shape index (κ2) is 6.62. The number of benzene rings is 1. The van der Waals surface area contributed by atoms with E-state index in [-0.39, 0.29) is 0 Å². The van der Waals surface area contributed by atoms with Crippen molar-refractivity contribution in [3.63, 3.8) is 0 Å². The zero-order valence-electron chi connectivity index (χ0n) is 11.8. The number of hydrogen-bond donors (Lipinski definition) is 1. The van der Waals surface area contributed by atoms with Crippen LogP contribution in [-0.4, -0.2) is 19.8 Å². The molecule has 19 heavy (non-hydrogen) atoms. The number of rotatable bonds is 6. The molecular weight excluding hydrogens is 306 g/mol. The third-order valence-corrected chi connectivity index (χ3v) is 4.14. The highest BCUT2D eigenvalue weighted by atomic mass is 79.9. The largest absolute Gasteiger partial charge is 0.493 e. The average Bonchev–Trinajstić information content (AvgIpc) is 2.36. The van der Waals surface area contributed by atoms with Crippen LogP contribution in [0.25, 0.3) is 0 Å². The molecule has 0 saturated heterocycles. The van der Waals surface area contributed by atoms with Crippen LogP contribution in [0.15, 0.2) is 16.6 Å². The van der Waals surface area contributed by atoms with Crippen molar-refractivity contribution in [3.8, 4) is 11.5 Å². The highest BCUT2D eigenvalue weighted by Crippen LogP contribution is 2.37. The fraction of sp³-hybridized carbons (Fsp3) is 0.600. The smallest absolute Gasteiger partial charge is 0.175 e. The maximum absolute atomic E-state index is 5.59. The van der Waals surface area contributed by atoms with Crippen LogP contribution in [0.4, 0.5) is 0 Å². The summed E-state index contributed by atoms with van der Waals surface area (Å²) in [6.07, 6.45) is 2.57. The zero-order valence-corrected chi connectivity index (χ0v) is 13.4. The molecule has 1 fully saturated rings. The van der Waals surface area contributed by atoms with Crippen molar-refractivity contribution in [2.75, 3.05) is 13.7 Å². The molecule has 0 bridgehead atoms. The van der Waals surface area contributed by atoms with E-state index in [1.165, 1.54) is 18.4 Å². The monoisotopic (exact) mass is 327 g/mol. The first kappa shape index (κ1) is 14.7. The molecule has 0 amide bonds. The Kier molecular flexibility index (Phi) is 5.11. The van der Waals surface area contributed by atoms with Gasteiger partial charge in [0.25, 0.3) is 0 Å². The Morgan fingerprint density at radius 1 is 1.37 bits per heavy atom. The Balaban J connectivity index is 2.02. The summed E-state index contributed by atoms with van der Waals surface area (Å²) in [6.45, 7) is 5.78. The molecule has 1 N–H and O–H groups in total. The second-order valence-corrected chi connectivity index (χ2v) is 6.05. The maximum atomic E-state index is 5.59. The molecule has 1 saturated carbocycles. The number of nitrogens with one attached hydrogen (secondary N) is 1. The van der Waals surface area contributed by atoms with Crippen molar-refractivity contribution >= 4 is 15.9 Å². The summed E-state index contributed by atoms with van der Waals surface area (Å²) < 4.78 is 11.9. The van der Waals surface area contributed by atoms with Gasteiger partial charge < -0.3 is 14.8 Å². The molecule has 106 valence electrons. The van der Waals surface area contributed by atoms with Gasteiger partial charge in [0.2, 0.25) is 0 Å². The fourth-order valence-corrected chi connectivity index (χ4v) is 3.09. The van der Waals surface area contributed by atoms with Crippen LogP contribution in [0.5, 0.6) is 11.5 Å². The number of ether oxygens (including phenoxy) is 2. The summed E-state index contributed by atoms with van der Waals surface area (Å²) in [4.78, 5) is 0. The Hall–Kier alpha value is -0.740. The molecule has 4 heteroatoms. The first-order valence-corrected chi connectivity index (χ1v) is 7.66. The van der Waals surface area contributed by atoms with Crippen LogP contribution < -0.4 is 14.8 Å². The van der Waals surface area contributed by atoms with Gasteiger partial charge in [-0.3, -0.25) is 0 Å². The van der Waals surface area contributed by atoms with Gasteiger partial charge in [0.05, 0.1) is 18.2 Å². The van der Waals surface area contributed by atoms with Crippen molar-refractivity contribution in [1.29, 1.82) is 0 Å². The number of halogens is 1. The molecule has 0 aromatic heterocycles. The molecular formula is C15H22BrNO2. The molecule has 1 aromatic rings. The molecule has 1 aromatic carbocycles. The summed E-state index contributed by atoms with van der Waals surface area (Å²) in [5.74, 6) is 2.44. The lowest BCUT2D eigenvalue weighted by Gasteiger charge is -2.33. The Labute approximate surface area is 123 Å². The molecule has 0 unspecified atom stereocenters.